The van der Waals surface area contributed by atoms with Crippen LogP contribution in [0.4, 0.5) is 0 Å². The van der Waals surface area contributed by atoms with E-state index in [1.165, 1.54) is 5.56 Å². The monoisotopic (exact) mass is 244 g/mol. The van der Waals surface area contributed by atoms with Crippen molar-refractivity contribution in [1.29, 1.82) is 0 Å². The molecule has 1 nitrogen and oxygen atoms in total. The van der Waals surface area contributed by atoms with Crippen LogP contribution in [0, 0.1) is 0 Å². The summed E-state index contributed by atoms with van der Waals surface area (Å²) in [6.45, 7) is 2.22. The van der Waals surface area contributed by atoms with E-state index in [-0.39, 0.29) is 0 Å². The topological polar surface area (TPSA) is 9.23 Å². The lowest BCUT2D eigenvalue weighted by atomic mass is 10.2. The first-order valence-electron chi connectivity index (χ1n) is 5.06. The largest absolute Gasteiger partial charge is 0.497 e. The zero-order valence-electron chi connectivity index (χ0n) is 9.20. The normalized spacial score (nSPS) is 12.5. The van der Waals surface area contributed by atoms with Gasteiger partial charge in [-0.3, -0.25) is 0 Å². The predicted octanol–water partition coefficient (Wildman–Crippen LogP) is 3.95. The minimum absolute atomic E-state index is 0.629. The molecule has 0 amide bonds. The van der Waals surface area contributed by atoms with Crippen LogP contribution < -0.4 is 4.74 Å². The number of ether oxygens (including phenoxy) is 1. The van der Waals surface area contributed by atoms with Gasteiger partial charge in [0.25, 0.3) is 0 Å². The molecule has 1 unspecified atom stereocenters. The molecule has 0 aliphatic rings. The van der Waals surface area contributed by atoms with Crippen molar-refractivity contribution in [2.24, 2.45) is 0 Å². The lowest BCUT2D eigenvalue weighted by molar-refractivity contribution is 0.414. The summed E-state index contributed by atoms with van der Waals surface area (Å²) < 4.78 is 5.11. The van der Waals surface area contributed by atoms with Crippen LogP contribution in [0.15, 0.2) is 24.3 Å². The average Bonchev–Trinajstić information content (AvgIpc) is 2.27. The standard InChI is InChI=1S/C12H17ClOS/c1-10(7-8-13)15-9-11-3-5-12(14-2)6-4-11/h3-6,10H,7-9H2,1-2H3. The van der Waals surface area contributed by atoms with E-state index >= 15 is 0 Å². The van der Waals surface area contributed by atoms with Crippen LogP contribution in [0.1, 0.15) is 18.9 Å². The van der Waals surface area contributed by atoms with Crippen molar-refractivity contribution in [1.82, 2.24) is 0 Å². The van der Waals surface area contributed by atoms with E-state index in [9.17, 15) is 0 Å². The zero-order valence-corrected chi connectivity index (χ0v) is 10.8. The van der Waals surface area contributed by atoms with E-state index < -0.39 is 0 Å². The molecule has 0 saturated carbocycles. The van der Waals surface area contributed by atoms with Crippen LogP contribution in [0.2, 0.25) is 0 Å². The van der Waals surface area contributed by atoms with Crippen molar-refractivity contribution < 1.29 is 4.74 Å². The first-order valence-corrected chi connectivity index (χ1v) is 6.65. The van der Waals surface area contributed by atoms with Gasteiger partial charge in [-0.15, -0.1) is 11.6 Å². The van der Waals surface area contributed by atoms with Crippen LogP contribution >= 0.6 is 23.4 Å². The van der Waals surface area contributed by atoms with Gasteiger partial charge in [0.2, 0.25) is 0 Å². The summed E-state index contributed by atoms with van der Waals surface area (Å²) in [7, 11) is 1.69. The van der Waals surface area contributed by atoms with Gasteiger partial charge >= 0.3 is 0 Å². The molecule has 0 spiro atoms. The predicted molar refractivity (Wildman–Crippen MR) is 69.1 cm³/mol. The summed E-state index contributed by atoms with van der Waals surface area (Å²) >= 11 is 7.63. The molecule has 15 heavy (non-hydrogen) atoms. The highest BCUT2D eigenvalue weighted by Crippen LogP contribution is 2.21. The number of benzene rings is 1. The fraction of sp³-hybridized carbons (Fsp3) is 0.500. The number of alkyl halides is 1. The smallest absolute Gasteiger partial charge is 0.118 e. The summed E-state index contributed by atoms with van der Waals surface area (Å²) in [4.78, 5) is 0. The van der Waals surface area contributed by atoms with Gasteiger partial charge in [0.1, 0.15) is 5.75 Å². The fourth-order valence-corrected chi connectivity index (χ4v) is 2.61. The third-order valence-electron chi connectivity index (χ3n) is 2.21. The van der Waals surface area contributed by atoms with E-state index in [2.05, 4.69) is 19.1 Å². The van der Waals surface area contributed by atoms with Crippen LogP contribution in [0.5, 0.6) is 5.75 Å². The van der Waals surface area contributed by atoms with E-state index in [1.54, 1.807) is 7.11 Å². The number of rotatable bonds is 6. The fourth-order valence-electron chi connectivity index (χ4n) is 1.20. The second-order valence-electron chi connectivity index (χ2n) is 3.45. The third kappa shape index (κ3) is 4.80. The molecular weight excluding hydrogens is 228 g/mol. The van der Waals surface area contributed by atoms with E-state index in [4.69, 9.17) is 16.3 Å². The highest BCUT2D eigenvalue weighted by atomic mass is 35.5. The molecule has 0 aliphatic heterocycles. The summed E-state index contributed by atoms with van der Waals surface area (Å²) in [6, 6.07) is 8.22. The Kier molecular flexibility index (Phi) is 5.96. The second kappa shape index (κ2) is 7.02. The van der Waals surface area contributed by atoms with Crippen molar-refractivity contribution >= 4 is 23.4 Å². The van der Waals surface area contributed by atoms with Crippen molar-refractivity contribution in [2.75, 3.05) is 13.0 Å². The van der Waals surface area contributed by atoms with Gasteiger partial charge < -0.3 is 4.74 Å². The van der Waals surface area contributed by atoms with Crippen molar-refractivity contribution in [3.63, 3.8) is 0 Å². The van der Waals surface area contributed by atoms with Crippen molar-refractivity contribution in [3.05, 3.63) is 29.8 Å². The molecule has 1 rings (SSSR count). The molecule has 0 aromatic heterocycles. The molecule has 0 bridgehead atoms. The van der Waals surface area contributed by atoms with Gasteiger partial charge in [-0.1, -0.05) is 19.1 Å². The SMILES string of the molecule is COc1ccc(CSC(C)CCCl)cc1. The van der Waals surface area contributed by atoms with Gasteiger partial charge in [-0.05, 0) is 24.1 Å². The summed E-state index contributed by atoms with van der Waals surface area (Å²) in [5.74, 6) is 2.70. The molecule has 1 atom stereocenters. The van der Waals surface area contributed by atoms with E-state index in [0.717, 1.165) is 23.8 Å². The molecule has 0 saturated heterocycles. The quantitative estimate of drug-likeness (QED) is 0.701. The minimum Gasteiger partial charge on any atom is -0.497 e. The van der Waals surface area contributed by atoms with Crippen molar-refractivity contribution in [3.8, 4) is 5.75 Å². The zero-order chi connectivity index (χ0) is 11.1. The maximum atomic E-state index is 5.69. The molecule has 3 heteroatoms. The van der Waals surface area contributed by atoms with E-state index in [0.29, 0.717) is 5.25 Å². The number of methoxy groups -OCH3 is 1. The van der Waals surface area contributed by atoms with Crippen LogP contribution in [-0.4, -0.2) is 18.2 Å². The molecule has 0 fully saturated rings. The van der Waals surface area contributed by atoms with E-state index in [1.807, 2.05) is 23.9 Å². The minimum atomic E-state index is 0.629. The Labute approximate surface area is 101 Å². The molecular formula is C12H17ClOS. The Morgan fingerprint density at radius 3 is 2.53 bits per heavy atom. The van der Waals surface area contributed by atoms with Crippen LogP contribution in [0.3, 0.4) is 0 Å². The number of hydrogen-bond acceptors (Lipinski definition) is 2. The Bertz CT molecular complexity index is 273. The average molecular weight is 245 g/mol. The summed E-state index contributed by atoms with van der Waals surface area (Å²) in [5.41, 5.74) is 1.34. The Balaban J connectivity index is 2.37. The maximum absolute atomic E-state index is 5.69. The van der Waals surface area contributed by atoms with Crippen LogP contribution in [0.25, 0.3) is 0 Å². The molecule has 0 heterocycles. The first kappa shape index (κ1) is 12.7. The lowest BCUT2D eigenvalue weighted by Crippen LogP contribution is -1.97. The Hall–Kier alpha value is -0.340. The molecule has 0 radical (unpaired) electrons. The van der Waals surface area contributed by atoms with Gasteiger partial charge in [0.15, 0.2) is 0 Å². The van der Waals surface area contributed by atoms with Crippen molar-refractivity contribution in [2.45, 2.75) is 24.3 Å². The number of halogens is 1. The van der Waals surface area contributed by atoms with Gasteiger partial charge in [0.05, 0.1) is 7.11 Å². The third-order valence-corrected chi connectivity index (χ3v) is 3.73. The summed E-state index contributed by atoms with van der Waals surface area (Å²) in [6.07, 6.45) is 1.07. The Morgan fingerprint density at radius 1 is 1.33 bits per heavy atom. The summed E-state index contributed by atoms with van der Waals surface area (Å²) in [5, 5.41) is 0.629. The molecule has 0 aliphatic carbocycles. The van der Waals surface area contributed by atoms with Crippen LogP contribution in [-0.2, 0) is 5.75 Å². The Morgan fingerprint density at radius 2 is 2.00 bits per heavy atom. The highest BCUT2D eigenvalue weighted by molar-refractivity contribution is 7.99. The molecule has 1 aromatic rings. The highest BCUT2D eigenvalue weighted by Gasteiger charge is 2.02. The first-order chi connectivity index (χ1) is 7.26. The van der Waals surface area contributed by atoms with Gasteiger partial charge in [-0.25, -0.2) is 0 Å². The lowest BCUT2D eigenvalue weighted by Gasteiger charge is -2.09. The molecule has 0 N–H and O–H groups in total. The van der Waals surface area contributed by atoms with Gasteiger partial charge in [-0.2, -0.15) is 11.8 Å². The number of thioether (sulfide) groups is 1. The van der Waals surface area contributed by atoms with Gasteiger partial charge in [0, 0.05) is 16.9 Å². The molecule has 84 valence electrons. The maximum Gasteiger partial charge on any atom is 0.118 e. The number of hydrogen-bond donors (Lipinski definition) is 0. The second-order valence-corrected chi connectivity index (χ2v) is 5.25. The molecule has 1 aromatic carbocycles.